The third-order valence-corrected chi connectivity index (χ3v) is 4.80. The van der Waals surface area contributed by atoms with Crippen molar-refractivity contribution in [3.63, 3.8) is 0 Å². The molecule has 5 nitrogen and oxygen atoms in total. The van der Waals surface area contributed by atoms with E-state index in [9.17, 15) is 0 Å². The van der Waals surface area contributed by atoms with Crippen molar-refractivity contribution in [2.45, 2.75) is 0 Å². The van der Waals surface area contributed by atoms with Crippen molar-refractivity contribution in [3.8, 4) is 5.75 Å². The molecule has 2 aliphatic heterocycles. The van der Waals surface area contributed by atoms with E-state index in [2.05, 4.69) is 50.3 Å². The summed E-state index contributed by atoms with van der Waals surface area (Å²) in [6, 6.07) is 25.1. The van der Waals surface area contributed by atoms with Gasteiger partial charge in [0.25, 0.3) is 0 Å². The molecule has 0 unspecified atom stereocenters. The molecule has 154 valence electrons. The zero-order valence-corrected chi connectivity index (χ0v) is 16.7. The molecule has 8 bridgehead atoms. The number of phenols is 1. The Bertz CT molecular complexity index is 1360. The number of aromatic nitrogens is 4. The Kier molecular flexibility index (Phi) is 4.91. The Labute approximate surface area is 182 Å². The fraction of sp³-hybridized carbons (Fsp3) is 0. The normalized spacial score (nSPS) is 11.7. The van der Waals surface area contributed by atoms with E-state index in [0.29, 0.717) is 5.75 Å². The van der Waals surface area contributed by atoms with Gasteiger partial charge in [0.05, 0.1) is 22.8 Å². The van der Waals surface area contributed by atoms with Gasteiger partial charge in [0, 0.05) is 24.9 Å². The minimum absolute atomic E-state index is 0. The second-order valence-corrected chi connectivity index (χ2v) is 7.24. The fourth-order valence-corrected chi connectivity index (χ4v) is 3.37. The van der Waals surface area contributed by atoms with Gasteiger partial charge < -0.3 is 15.1 Å². The van der Waals surface area contributed by atoms with E-state index in [4.69, 9.17) is 5.11 Å². The number of hydrogen-bond donors (Lipinski definition) is 3. The quantitative estimate of drug-likeness (QED) is 0.267. The summed E-state index contributed by atoms with van der Waals surface area (Å²) >= 11 is 0. The molecular weight excluding hydrogens is 384 g/mol. The highest BCUT2D eigenvalue weighted by Gasteiger charge is 2.02. The highest BCUT2D eigenvalue weighted by atomic mass is 16.3. The zero-order chi connectivity index (χ0) is 21.0. The summed E-state index contributed by atoms with van der Waals surface area (Å²) in [5.74, 6) is 0.322. The van der Waals surface area contributed by atoms with Crippen molar-refractivity contribution in [1.29, 1.82) is 0 Å². The van der Waals surface area contributed by atoms with Gasteiger partial charge in [-0.2, -0.15) is 0 Å². The maximum absolute atomic E-state index is 8.63. The second-order valence-electron chi connectivity index (χ2n) is 7.24. The minimum atomic E-state index is 0. The molecule has 5 heterocycles. The van der Waals surface area contributed by atoms with Crippen LogP contribution in [0.25, 0.3) is 46.4 Å². The van der Waals surface area contributed by atoms with Gasteiger partial charge in [-0.1, -0.05) is 18.2 Å². The first-order valence-corrected chi connectivity index (χ1v) is 9.98. The molecule has 3 N–H and O–H groups in total. The Morgan fingerprint density at radius 2 is 0.935 bits per heavy atom. The molecule has 3 aromatic heterocycles. The van der Waals surface area contributed by atoms with Gasteiger partial charge >= 0.3 is 0 Å². The van der Waals surface area contributed by atoms with Crippen LogP contribution in [0.2, 0.25) is 0 Å². The summed E-state index contributed by atoms with van der Waals surface area (Å²) < 4.78 is 0. The number of aromatic hydroxyl groups is 1. The summed E-state index contributed by atoms with van der Waals surface area (Å²) in [7, 11) is 0. The van der Waals surface area contributed by atoms with Crippen molar-refractivity contribution < 1.29 is 7.96 Å². The smallest absolute Gasteiger partial charge is 0.115 e. The van der Waals surface area contributed by atoms with Crippen LogP contribution in [0.4, 0.5) is 0 Å². The average molecular weight is 409 g/mol. The van der Waals surface area contributed by atoms with Gasteiger partial charge in [-0.15, -0.1) is 0 Å². The van der Waals surface area contributed by atoms with Crippen LogP contribution >= 0.6 is 0 Å². The Morgan fingerprint density at radius 3 is 1.35 bits per heavy atom. The Morgan fingerprint density at radius 1 is 0.516 bits per heavy atom. The van der Waals surface area contributed by atoms with Gasteiger partial charge in [-0.05, 0) is 85.0 Å². The lowest BCUT2D eigenvalue weighted by Crippen LogP contribution is -1.77. The van der Waals surface area contributed by atoms with Gasteiger partial charge in [0.15, 0.2) is 0 Å². The lowest BCUT2D eigenvalue weighted by Gasteiger charge is -1.86. The average Bonchev–Trinajstić information content (AvgIpc) is 3.55. The van der Waals surface area contributed by atoms with E-state index in [1.807, 2.05) is 48.6 Å². The number of nitrogens with zero attached hydrogens (tertiary/aromatic N) is 2. The summed E-state index contributed by atoms with van der Waals surface area (Å²) in [5.41, 5.74) is 7.86. The maximum Gasteiger partial charge on any atom is 0.115 e. The summed E-state index contributed by atoms with van der Waals surface area (Å²) in [5, 5.41) is 8.63. The van der Waals surface area contributed by atoms with Gasteiger partial charge in [-0.3, -0.25) is 0 Å². The first-order chi connectivity index (χ1) is 15.2. The van der Waals surface area contributed by atoms with E-state index >= 15 is 0 Å². The molecule has 0 saturated heterocycles. The highest BCUT2D eigenvalue weighted by molar-refractivity contribution is 5.77. The number of benzene rings is 1. The number of fused-ring (bicyclic) bond motifs is 8. The van der Waals surface area contributed by atoms with Crippen LogP contribution in [0.3, 0.4) is 0 Å². The van der Waals surface area contributed by atoms with Gasteiger partial charge in [-0.25, -0.2) is 9.97 Å². The van der Waals surface area contributed by atoms with Crippen LogP contribution in [0.5, 0.6) is 5.75 Å². The predicted octanol–water partition coefficient (Wildman–Crippen LogP) is 6.54. The van der Waals surface area contributed by atoms with Crippen molar-refractivity contribution >= 4 is 46.4 Å². The summed E-state index contributed by atoms with van der Waals surface area (Å²) in [4.78, 5) is 16.0. The van der Waals surface area contributed by atoms with Crippen LogP contribution in [0, 0.1) is 0 Å². The second kappa shape index (κ2) is 8.16. The van der Waals surface area contributed by atoms with Gasteiger partial charge in [0.2, 0.25) is 0 Å². The molecule has 1 aromatic carbocycles. The fourth-order valence-electron chi connectivity index (χ4n) is 3.37. The maximum atomic E-state index is 8.63. The standard InChI is InChI=1S/C20H14N4.C6H6O.2H2/c1-2-14-10-16-5-6-18(23-16)12-20-8-7-19(24-20)11-17-4-3-15(22-17)9-13(1)21-14;7-6-4-2-1-3-5-6;;/h1-12,21-22H;1-5,7H;2*1H. The number of aromatic amines is 2. The van der Waals surface area contributed by atoms with E-state index in [1.165, 1.54) is 0 Å². The summed E-state index contributed by atoms with van der Waals surface area (Å²) in [6.07, 6.45) is 8.05. The molecule has 0 saturated carbocycles. The first-order valence-electron chi connectivity index (χ1n) is 9.98. The highest BCUT2D eigenvalue weighted by Crippen LogP contribution is 2.17. The molecule has 2 aliphatic rings. The lowest BCUT2D eigenvalue weighted by atomic mass is 10.3. The molecule has 5 heteroatoms. The van der Waals surface area contributed by atoms with E-state index in [0.717, 1.165) is 44.8 Å². The van der Waals surface area contributed by atoms with Crippen molar-refractivity contribution in [2.75, 3.05) is 0 Å². The van der Waals surface area contributed by atoms with Crippen LogP contribution in [-0.4, -0.2) is 25.0 Å². The third-order valence-electron chi connectivity index (χ3n) is 4.80. The molecule has 0 aliphatic carbocycles. The Balaban J connectivity index is 0.000000296. The summed E-state index contributed by atoms with van der Waals surface area (Å²) in [6.45, 7) is 0. The van der Waals surface area contributed by atoms with E-state index in [-0.39, 0.29) is 2.85 Å². The number of rotatable bonds is 0. The Hall–Kier alpha value is -4.38. The number of H-pyrrole nitrogens is 2. The minimum Gasteiger partial charge on any atom is -0.508 e. The number of nitrogens with one attached hydrogen (secondary N) is 2. The molecule has 0 atom stereocenters. The SMILES string of the molecule is C1=Cc2cc3ccc(cc4ccc(cc5nc(cc1n2)C=C5)[nH]4)[nH]3.Oc1ccccc1.[HH].[HH]. The number of phenolic OH excluding ortho intramolecular Hbond substituents is 1. The van der Waals surface area contributed by atoms with Crippen molar-refractivity contribution in [1.82, 2.24) is 19.9 Å². The molecule has 0 spiro atoms. The topological polar surface area (TPSA) is 77.6 Å². The van der Waals surface area contributed by atoms with Crippen LogP contribution in [0.1, 0.15) is 25.6 Å². The molecule has 0 amide bonds. The lowest BCUT2D eigenvalue weighted by molar-refractivity contribution is 0.475. The van der Waals surface area contributed by atoms with Crippen LogP contribution in [-0.2, 0) is 0 Å². The predicted molar refractivity (Wildman–Crippen MR) is 131 cm³/mol. The monoisotopic (exact) mass is 408 g/mol. The zero-order valence-electron chi connectivity index (χ0n) is 16.7. The molecule has 0 radical (unpaired) electrons. The number of para-hydroxylation sites is 1. The first kappa shape index (κ1) is 18.6. The molecule has 4 aromatic rings. The number of hydrogen-bond acceptors (Lipinski definition) is 3. The largest absolute Gasteiger partial charge is 0.508 e. The van der Waals surface area contributed by atoms with Crippen molar-refractivity contribution in [2.24, 2.45) is 0 Å². The van der Waals surface area contributed by atoms with E-state index < -0.39 is 0 Å². The van der Waals surface area contributed by atoms with Gasteiger partial charge in [0.1, 0.15) is 5.75 Å². The molecule has 6 rings (SSSR count). The van der Waals surface area contributed by atoms with Crippen LogP contribution in [0.15, 0.2) is 78.9 Å². The third kappa shape index (κ3) is 4.62. The van der Waals surface area contributed by atoms with Crippen LogP contribution < -0.4 is 0 Å². The van der Waals surface area contributed by atoms with E-state index in [1.54, 1.807) is 24.3 Å². The molecule has 0 fully saturated rings. The molecule has 31 heavy (non-hydrogen) atoms. The molecular formula is C26H24N4O. The van der Waals surface area contributed by atoms with Crippen molar-refractivity contribution in [3.05, 3.63) is 102 Å².